The van der Waals surface area contributed by atoms with E-state index in [1.807, 2.05) is 0 Å². The summed E-state index contributed by atoms with van der Waals surface area (Å²) >= 11 is 0. The van der Waals surface area contributed by atoms with Crippen LogP contribution in [0.3, 0.4) is 0 Å². The van der Waals surface area contributed by atoms with Crippen molar-refractivity contribution in [3.8, 4) is 0 Å². The second-order valence-corrected chi connectivity index (χ2v) is 4.71. The molecule has 0 aliphatic carbocycles. The van der Waals surface area contributed by atoms with Crippen molar-refractivity contribution in [2.24, 2.45) is 5.92 Å². The fourth-order valence-electron chi connectivity index (χ4n) is 1.95. The van der Waals surface area contributed by atoms with Crippen molar-refractivity contribution >= 4 is 0 Å². The highest BCUT2D eigenvalue weighted by Crippen LogP contribution is 2.19. The van der Waals surface area contributed by atoms with Crippen LogP contribution in [0.4, 0.5) is 0 Å². The summed E-state index contributed by atoms with van der Waals surface area (Å²) < 4.78 is 5.39. The number of rotatable bonds is 11. The van der Waals surface area contributed by atoms with E-state index in [2.05, 4.69) is 20.8 Å². The Morgan fingerprint density at radius 2 is 1.75 bits per heavy atom. The van der Waals surface area contributed by atoms with E-state index in [1.54, 1.807) is 0 Å². The maximum atomic E-state index is 9.87. The molecular formula is C14H30O2. The normalized spacial score (nSPS) is 15.0. The summed E-state index contributed by atoms with van der Waals surface area (Å²) in [5.74, 6) is 0.695. The maximum absolute atomic E-state index is 9.87. The van der Waals surface area contributed by atoms with Gasteiger partial charge in [-0.15, -0.1) is 0 Å². The zero-order chi connectivity index (χ0) is 12.2. The minimum atomic E-state index is -0.168. The van der Waals surface area contributed by atoms with Gasteiger partial charge in [0.05, 0.1) is 6.10 Å². The molecule has 0 saturated heterocycles. The smallest absolute Gasteiger partial charge is 0.0564 e. The molecule has 2 unspecified atom stereocenters. The molecular weight excluding hydrogens is 200 g/mol. The molecule has 98 valence electrons. The van der Waals surface area contributed by atoms with Crippen LogP contribution < -0.4 is 0 Å². The van der Waals surface area contributed by atoms with Gasteiger partial charge in [0.25, 0.3) is 0 Å². The SMILES string of the molecule is CCCCC(CC)CC(O)CCOCCC. The highest BCUT2D eigenvalue weighted by Gasteiger charge is 2.12. The average Bonchev–Trinajstić information content (AvgIpc) is 2.30. The predicted molar refractivity (Wildman–Crippen MR) is 69.7 cm³/mol. The molecule has 0 aliphatic heterocycles. The molecule has 0 saturated carbocycles. The highest BCUT2D eigenvalue weighted by molar-refractivity contribution is 4.64. The summed E-state index contributed by atoms with van der Waals surface area (Å²) in [6.07, 6.45) is 7.63. The topological polar surface area (TPSA) is 29.5 Å². The number of aliphatic hydroxyl groups is 1. The van der Waals surface area contributed by atoms with Crippen LogP contribution in [-0.4, -0.2) is 24.4 Å². The monoisotopic (exact) mass is 230 g/mol. The third-order valence-electron chi connectivity index (χ3n) is 3.09. The van der Waals surface area contributed by atoms with Gasteiger partial charge in [0, 0.05) is 13.2 Å². The van der Waals surface area contributed by atoms with Gasteiger partial charge in [-0.25, -0.2) is 0 Å². The maximum Gasteiger partial charge on any atom is 0.0564 e. The van der Waals surface area contributed by atoms with Crippen molar-refractivity contribution in [1.82, 2.24) is 0 Å². The van der Waals surface area contributed by atoms with Crippen molar-refractivity contribution < 1.29 is 9.84 Å². The Kier molecular flexibility index (Phi) is 11.3. The number of unbranched alkanes of at least 4 members (excludes halogenated alkanes) is 1. The fourth-order valence-corrected chi connectivity index (χ4v) is 1.95. The molecule has 1 N–H and O–H groups in total. The molecule has 0 aromatic heterocycles. The van der Waals surface area contributed by atoms with Gasteiger partial charge in [0.2, 0.25) is 0 Å². The summed E-state index contributed by atoms with van der Waals surface area (Å²) in [6, 6.07) is 0. The van der Waals surface area contributed by atoms with Crippen LogP contribution in [0.25, 0.3) is 0 Å². The first-order chi connectivity index (χ1) is 7.74. The van der Waals surface area contributed by atoms with Gasteiger partial charge in [-0.3, -0.25) is 0 Å². The predicted octanol–water partition coefficient (Wildman–Crippen LogP) is 3.77. The molecule has 2 heteroatoms. The summed E-state index contributed by atoms with van der Waals surface area (Å²) in [6.45, 7) is 8.08. The van der Waals surface area contributed by atoms with Crippen molar-refractivity contribution in [3.05, 3.63) is 0 Å². The Bertz CT molecular complexity index is 137. The summed E-state index contributed by atoms with van der Waals surface area (Å²) in [4.78, 5) is 0. The third-order valence-corrected chi connectivity index (χ3v) is 3.09. The lowest BCUT2D eigenvalue weighted by molar-refractivity contribution is 0.0684. The van der Waals surface area contributed by atoms with E-state index in [0.717, 1.165) is 25.9 Å². The van der Waals surface area contributed by atoms with Crippen LogP contribution in [0, 0.1) is 5.92 Å². The standard InChI is InChI=1S/C14H30O2/c1-4-7-8-13(6-3)12-14(15)9-11-16-10-5-2/h13-15H,4-12H2,1-3H3. The van der Waals surface area contributed by atoms with E-state index in [4.69, 9.17) is 4.74 Å². The van der Waals surface area contributed by atoms with E-state index in [0.29, 0.717) is 12.5 Å². The summed E-state index contributed by atoms with van der Waals surface area (Å²) in [7, 11) is 0. The van der Waals surface area contributed by atoms with Gasteiger partial charge in [-0.05, 0) is 25.2 Å². The Labute approximate surface area is 101 Å². The van der Waals surface area contributed by atoms with Crippen LogP contribution in [-0.2, 0) is 4.74 Å². The van der Waals surface area contributed by atoms with Gasteiger partial charge in [-0.1, -0.05) is 46.5 Å². The number of hydrogen-bond acceptors (Lipinski definition) is 2. The lowest BCUT2D eigenvalue weighted by Crippen LogP contribution is -2.16. The Morgan fingerprint density at radius 1 is 1.00 bits per heavy atom. The zero-order valence-corrected chi connectivity index (χ0v) is 11.4. The van der Waals surface area contributed by atoms with Gasteiger partial charge < -0.3 is 9.84 Å². The van der Waals surface area contributed by atoms with E-state index in [9.17, 15) is 5.11 Å². The van der Waals surface area contributed by atoms with Crippen LogP contribution in [0.2, 0.25) is 0 Å². The minimum absolute atomic E-state index is 0.168. The van der Waals surface area contributed by atoms with Gasteiger partial charge in [0.15, 0.2) is 0 Å². The van der Waals surface area contributed by atoms with Gasteiger partial charge in [-0.2, -0.15) is 0 Å². The fraction of sp³-hybridized carbons (Fsp3) is 1.00. The number of hydrogen-bond donors (Lipinski definition) is 1. The third kappa shape index (κ3) is 9.17. The Morgan fingerprint density at radius 3 is 2.31 bits per heavy atom. The molecule has 0 fully saturated rings. The second-order valence-electron chi connectivity index (χ2n) is 4.71. The molecule has 0 bridgehead atoms. The van der Waals surface area contributed by atoms with Crippen molar-refractivity contribution in [1.29, 1.82) is 0 Å². The Balaban J connectivity index is 3.53. The largest absolute Gasteiger partial charge is 0.393 e. The van der Waals surface area contributed by atoms with Crippen molar-refractivity contribution in [2.45, 2.75) is 71.8 Å². The van der Waals surface area contributed by atoms with Crippen LogP contribution in [0.1, 0.15) is 65.7 Å². The molecule has 0 rings (SSSR count). The highest BCUT2D eigenvalue weighted by atomic mass is 16.5. The van der Waals surface area contributed by atoms with Gasteiger partial charge >= 0.3 is 0 Å². The van der Waals surface area contributed by atoms with E-state index in [1.165, 1.54) is 25.7 Å². The lowest BCUT2D eigenvalue weighted by Gasteiger charge is -2.18. The quantitative estimate of drug-likeness (QED) is 0.547. The molecule has 0 heterocycles. The van der Waals surface area contributed by atoms with Crippen LogP contribution in [0.15, 0.2) is 0 Å². The van der Waals surface area contributed by atoms with Crippen molar-refractivity contribution in [3.63, 3.8) is 0 Å². The molecule has 0 aromatic carbocycles. The first-order valence-corrected chi connectivity index (χ1v) is 7.00. The molecule has 2 nitrogen and oxygen atoms in total. The molecule has 0 aliphatic rings. The van der Waals surface area contributed by atoms with E-state index < -0.39 is 0 Å². The molecule has 16 heavy (non-hydrogen) atoms. The van der Waals surface area contributed by atoms with Crippen LogP contribution in [0.5, 0.6) is 0 Å². The minimum Gasteiger partial charge on any atom is -0.393 e. The lowest BCUT2D eigenvalue weighted by atomic mass is 9.92. The number of aliphatic hydroxyl groups excluding tert-OH is 1. The molecule has 0 amide bonds. The number of ether oxygens (including phenoxy) is 1. The molecule has 0 spiro atoms. The first kappa shape index (κ1) is 15.9. The molecule has 0 radical (unpaired) electrons. The van der Waals surface area contributed by atoms with Crippen molar-refractivity contribution in [2.75, 3.05) is 13.2 Å². The zero-order valence-electron chi connectivity index (χ0n) is 11.4. The summed E-state index contributed by atoms with van der Waals surface area (Å²) in [5.41, 5.74) is 0. The molecule has 0 aromatic rings. The Hall–Kier alpha value is -0.0800. The average molecular weight is 230 g/mol. The van der Waals surface area contributed by atoms with Gasteiger partial charge in [0.1, 0.15) is 0 Å². The molecule has 2 atom stereocenters. The first-order valence-electron chi connectivity index (χ1n) is 7.00. The van der Waals surface area contributed by atoms with E-state index in [-0.39, 0.29) is 6.10 Å². The summed E-state index contributed by atoms with van der Waals surface area (Å²) in [5, 5.41) is 9.87. The second kappa shape index (κ2) is 11.4. The van der Waals surface area contributed by atoms with E-state index >= 15 is 0 Å². The van der Waals surface area contributed by atoms with Crippen LogP contribution >= 0.6 is 0 Å².